The van der Waals surface area contributed by atoms with E-state index in [1.54, 1.807) is 0 Å². The van der Waals surface area contributed by atoms with Crippen LogP contribution < -0.4 is 0 Å². The molecule has 20 heavy (non-hydrogen) atoms. The minimum atomic E-state index is -1.84. The van der Waals surface area contributed by atoms with Crippen LogP contribution in [0, 0.1) is 0 Å². The van der Waals surface area contributed by atoms with Crippen molar-refractivity contribution in [3.8, 4) is 0 Å². The molecule has 0 saturated carbocycles. The zero-order chi connectivity index (χ0) is 16.2. The first kappa shape index (κ1) is 20.0. The van der Waals surface area contributed by atoms with Gasteiger partial charge < -0.3 is 0 Å². The van der Waals surface area contributed by atoms with Crippen molar-refractivity contribution in [2.24, 2.45) is 0 Å². The van der Waals surface area contributed by atoms with Gasteiger partial charge in [0.1, 0.15) is 0 Å². The molecule has 0 aliphatic carbocycles. The van der Waals surface area contributed by atoms with Crippen LogP contribution in [0.2, 0.25) is 0 Å². The van der Waals surface area contributed by atoms with Gasteiger partial charge >= 0.3 is 5.60 Å². The Morgan fingerprint density at radius 3 is 0.800 bits per heavy atom. The fourth-order valence-corrected chi connectivity index (χ4v) is 0.706. The van der Waals surface area contributed by atoms with E-state index in [1.165, 1.54) is 0 Å². The third-order valence-corrected chi connectivity index (χ3v) is 1.45. The van der Waals surface area contributed by atoms with E-state index in [0.29, 0.717) is 0 Å². The van der Waals surface area contributed by atoms with E-state index in [0.717, 1.165) is 0 Å². The summed E-state index contributed by atoms with van der Waals surface area (Å²) >= 11 is 0. The molecular weight excluding hydrogens is 280 g/mol. The lowest BCUT2D eigenvalue weighted by atomic mass is 10.2. The summed E-state index contributed by atoms with van der Waals surface area (Å²) in [6.07, 6.45) is 0. The smallest absolute Gasteiger partial charge is 0.226 e. The van der Waals surface area contributed by atoms with Gasteiger partial charge in [-0.1, -0.05) is 0 Å². The minimum absolute atomic E-state index is 0.561. The van der Waals surface area contributed by atoms with Crippen LogP contribution in [0.3, 0.4) is 0 Å². The van der Waals surface area contributed by atoms with Crippen LogP contribution in [0.5, 0.6) is 0 Å². The van der Waals surface area contributed by atoms with E-state index < -0.39 is 22.4 Å². The second kappa shape index (κ2) is 6.82. The second-order valence-corrected chi connectivity index (χ2v) is 8.01. The van der Waals surface area contributed by atoms with E-state index in [-0.39, 0.29) is 0 Å². The van der Waals surface area contributed by atoms with Crippen molar-refractivity contribution in [1.82, 2.24) is 0 Å². The first-order valence-corrected chi connectivity index (χ1v) is 6.97. The number of rotatable bonds is 6. The van der Waals surface area contributed by atoms with Crippen LogP contribution in [0.15, 0.2) is 0 Å². The Morgan fingerprint density at radius 2 is 0.650 bits per heavy atom. The van der Waals surface area contributed by atoms with Gasteiger partial charge in [-0.05, 0) is 62.3 Å². The molecule has 0 aromatic heterocycles. The zero-order valence-corrected chi connectivity index (χ0v) is 14.9. The lowest BCUT2D eigenvalue weighted by molar-refractivity contribution is -0.625. The molecule has 0 aliphatic rings. The van der Waals surface area contributed by atoms with Crippen molar-refractivity contribution >= 4 is 10.2 Å². The van der Waals surface area contributed by atoms with Gasteiger partial charge in [0.2, 0.25) is 0 Å². The summed E-state index contributed by atoms with van der Waals surface area (Å²) in [4.78, 5) is 30.8. The Hall–Kier alpha value is -0.0231. The van der Waals surface area contributed by atoms with Crippen LogP contribution in [0.25, 0.3) is 0 Å². The van der Waals surface area contributed by atoms with Crippen molar-refractivity contribution < 1.29 is 29.3 Å². The highest BCUT2D eigenvalue weighted by molar-refractivity contribution is 6.12. The highest BCUT2D eigenvalue weighted by Gasteiger charge is 2.37. The summed E-state index contributed by atoms with van der Waals surface area (Å²) < 4.78 is 0. The summed E-state index contributed by atoms with van der Waals surface area (Å²) in [5, 5.41) is 0. The second-order valence-electron chi connectivity index (χ2n) is 7.39. The SMILES string of the molecule is CC(C)(C)OOC([Si])(OOC(C)(C)C)OOC(C)(C)C. The third-order valence-electron chi connectivity index (χ3n) is 1.20. The van der Waals surface area contributed by atoms with Gasteiger partial charge in [-0.2, -0.15) is 14.7 Å². The molecule has 6 nitrogen and oxygen atoms in total. The fourth-order valence-electron chi connectivity index (χ4n) is 0.581. The molecule has 0 saturated heterocycles. The maximum atomic E-state index is 5.17. The molecule has 0 amide bonds. The van der Waals surface area contributed by atoms with Gasteiger partial charge in [0.15, 0.2) is 10.2 Å². The topological polar surface area (TPSA) is 55.4 Å². The summed E-state index contributed by atoms with van der Waals surface area (Å²) in [6, 6.07) is 0. The summed E-state index contributed by atoms with van der Waals surface area (Å²) in [5.74, 6) is 0. The van der Waals surface area contributed by atoms with Crippen molar-refractivity contribution in [2.75, 3.05) is 0 Å². The van der Waals surface area contributed by atoms with Crippen molar-refractivity contribution in [3.05, 3.63) is 0 Å². The van der Waals surface area contributed by atoms with E-state index in [1.807, 2.05) is 62.3 Å². The lowest BCUT2D eigenvalue weighted by Crippen LogP contribution is -2.45. The number of hydrogen-bond donors (Lipinski definition) is 0. The maximum absolute atomic E-state index is 5.17. The monoisotopic (exact) mass is 307 g/mol. The molecule has 0 unspecified atom stereocenters. The van der Waals surface area contributed by atoms with Gasteiger partial charge in [0.25, 0.3) is 0 Å². The Labute approximate surface area is 125 Å². The molecule has 0 fully saturated rings. The molecule has 7 heteroatoms. The average Bonchev–Trinajstić information content (AvgIpc) is 2.18. The molecule has 0 rings (SSSR count). The molecule has 0 N–H and O–H groups in total. The normalized spacial score (nSPS) is 14.7. The summed E-state index contributed by atoms with van der Waals surface area (Å²) in [6.45, 7) is 16.3. The molecule has 0 spiro atoms. The van der Waals surface area contributed by atoms with Crippen molar-refractivity contribution in [3.63, 3.8) is 0 Å². The van der Waals surface area contributed by atoms with Gasteiger partial charge in [0.05, 0.1) is 16.8 Å². The molecule has 119 valence electrons. The first-order valence-electron chi connectivity index (χ1n) is 6.47. The van der Waals surface area contributed by atoms with Gasteiger partial charge in [0, 0.05) is 0 Å². The molecule has 0 aromatic rings. The van der Waals surface area contributed by atoms with E-state index >= 15 is 0 Å². The van der Waals surface area contributed by atoms with Crippen molar-refractivity contribution in [2.45, 2.75) is 84.7 Å². The third kappa shape index (κ3) is 11.8. The minimum Gasteiger partial charge on any atom is -0.226 e. The van der Waals surface area contributed by atoms with E-state index in [2.05, 4.69) is 10.2 Å². The van der Waals surface area contributed by atoms with Crippen LogP contribution in [-0.4, -0.2) is 32.6 Å². The molecular formula is C13H27O6Si. The maximum Gasteiger partial charge on any atom is 0.333 e. The summed E-state index contributed by atoms with van der Waals surface area (Å²) in [7, 11) is 3.16. The first-order chi connectivity index (χ1) is 8.62. The van der Waals surface area contributed by atoms with Crippen LogP contribution in [0.4, 0.5) is 0 Å². The van der Waals surface area contributed by atoms with Crippen molar-refractivity contribution in [1.29, 1.82) is 0 Å². The molecule has 0 heterocycles. The lowest BCUT2D eigenvalue weighted by Gasteiger charge is -2.33. The van der Waals surface area contributed by atoms with Crippen LogP contribution in [-0.2, 0) is 29.3 Å². The van der Waals surface area contributed by atoms with E-state index in [4.69, 9.17) is 29.3 Å². The van der Waals surface area contributed by atoms with Gasteiger partial charge in [-0.3, -0.25) is 0 Å². The molecule has 3 radical (unpaired) electrons. The van der Waals surface area contributed by atoms with Crippen LogP contribution in [0.1, 0.15) is 62.3 Å². The Kier molecular flexibility index (Phi) is 6.82. The average molecular weight is 307 g/mol. The highest BCUT2D eigenvalue weighted by Crippen LogP contribution is 2.23. The molecule has 0 atom stereocenters. The molecule has 0 aliphatic heterocycles. The molecule has 0 bridgehead atoms. The quantitative estimate of drug-likeness (QED) is 0.325. The van der Waals surface area contributed by atoms with E-state index in [9.17, 15) is 0 Å². The predicted octanol–water partition coefficient (Wildman–Crippen LogP) is 3.01. The Balaban J connectivity index is 4.66. The van der Waals surface area contributed by atoms with Gasteiger partial charge in [-0.15, -0.1) is 0 Å². The number of hydrogen-bond acceptors (Lipinski definition) is 6. The van der Waals surface area contributed by atoms with Gasteiger partial charge in [-0.25, -0.2) is 14.7 Å². The zero-order valence-electron chi connectivity index (χ0n) is 13.9. The highest BCUT2D eigenvalue weighted by atomic mass is 28.1. The largest absolute Gasteiger partial charge is 0.333 e. The summed E-state index contributed by atoms with van der Waals surface area (Å²) in [5.41, 5.74) is -3.52. The van der Waals surface area contributed by atoms with Crippen LogP contribution >= 0.6 is 0 Å². The standard InChI is InChI=1S/C13H27O6Si/c1-10(2,3)14-17-13(20,18-15-11(4,5)6)19-16-12(7,8)9/h1-9H3. The Bertz CT molecular complexity index is 241. The Morgan fingerprint density at radius 1 is 0.450 bits per heavy atom. The molecule has 0 aromatic carbocycles. The fraction of sp³-hybridized carbons (Fsp3) is 1.00. The predicted molar refractivity (Wildman–Crippen MR) is 74.3 cm³/mol.